The van der Waals surface area contributed by atoms with Crippen molar-refractivity contribution in [2.75, 3.05) is 11.1 Å². The van der Waals surface area contributed by atoms with Gasteiger partial charge in [-0.3, -0.25) is 9.00 Å². The number of anilines is 1. The molecule has 1 amide bonds. The van der Waals surface area contributed by atoms with Gasteiger partial charge >= 0.3 is 0 Å². The maximum absolute atomic E-state index is 12.0. The van der Waals surface area contributed by atoms with Gasteiger partial charge in [0.2, 0.25) is 5.91 Å². The lowest BCUT2D eigenvalue weighted by atomic mass is 10.2. The third kappa shape index (κ3) is 5.16. The van der Waals surface area contributed by atoms with Gasteiger partial charge in [-0.05, 0) is 31.5 Å². The Hall–Kier alpha value is -1.94. The zero-order chi connectivity index (χ0) is 15.2. The smallest absolute Gasteiger partial charge is 0.237 e. The molecule has 21 heavy (non-hydrogen) atoms. The summed E-state index contributed by atoms with van der Waals surface area (Å²) in [4.78, 5) is 11.8. The maximum atomic E-state index is 12.0. The minimum atomic E-state index is -1.20. The Bertz CT molecular complexity index is 575. The van der Waals surface area contributed by atoms with Crippen LogP contribution in [0.25, 0.3) is 0 Å². The number of rotatable bonds is 5. The van der Waals surface area contributed by atoms with E-state index in [2.05, 4.69) is 5.32 Å². The Labute approximate surface area is 127 Å². The highest BCUT2D eigenvalue weighted by atomic mass is 32.2. The lowest BCUT2D eigenvalue weighted by molar-refractivity contribution is -0.113. The molecule has 2 aromatic rings. The van der Waals surface area contributed by atoms with E-state index in [9.17, 15) is 9.00 Å². The zero-order valence-corrected chi connectivity index (χ0v) is 13.1. The van der Waals surface area contributed by atoms with Crippen LogP contribution in [-0.2, 0) is 21.3 Å². The van der Waals surface area contributed by atoms with E-state index in [0.29, 0.717) is 5.75 Å². The van der Waals surface area contributed by atoms with Crippen LogP contribution in [0.4, 0.5) is 5.69 Å². The molecule has 2 aromatic carbocycles. The van der Waals surface area contributed by atoms with Crippen LogP contribution in [0.1, 0.15) is 16.7 Å². The summed E-state index contributed by atoms with van der Waals surface area (Å²) in [6, 6.07) is 15.4. The highest BCUT2D eigenvalue weighted by Gasteiger charge is 2.09. The van der Waals surface area contributed by atoms with E-state index in [4.69, 9.17) is 0 Å². The van der Waals surface area contributed by atoms with Gasteiger partial charge in [-0.2, -0.15) is 0 Å². The first kappa shape index (κ1) is 15.4. The third-order valence-electron chi connectivity index (χ3n) is 3.08. The fourth-order valence-electron chi connectivity index (χ4n) is 1.90. The molecule has 0 spiro atoms. The second kappa shape index (κ2) is 7.18. The Kier molecular flexibility index (Phi) is 5.28. The van der Waals surface area contributed by atoms with Crippen molar-refractivity contribution in [1.82, 2.24) is 0 Å². The Morgan fingerprint density at radius 3 is 2.05 bits per heavy atom. The van der Waals surface area contributed by atoms with Gasteiger partial charge in [-0.15, -0.1) is 0 Å². The van der Waals surface area contributed by atoms with E-state index in [1.807, 2.05) is 62.4 Å². The molecule has 110 valence electrons. The molecule has 0 aromatic heterocycles. The molecular formula is C17H19NO2S. The number of carbonyl (C=O) groups excluding carboxylic acids is 1. The molecular weight excluding hydrogens is 282 g/mol. The van der Waals surface area contributed by atoms with Crippen LogP contribution in [0.15, 0.2) is 48.5 Å². The fourth-order valence-corrected chi connectivity index (χ4v) is 2.93. The van der Waals surface area contributed by atoms with Gasteiger partial charge in [0.25, 0.3) is 0 Å². The molecule has 0 unspecified atom stereocenters. The van der Waals surface area contributed by atoms with Gasteiger partial charge in [0, 0.05) is 22.2 Å². The average molecular weight is 301 g/mol. The number of benzene rings is 2. The van der Waals surface area contributed by atoms with Crippen LogP contribution in [0.3, 0.4) is 0 Å². The predicted octanol–water partition coefficient (Wildman–Crippen LogP) is 3.19. The molecule has 0 aliphatic carbocycles. The largest absolute Gasteiger partial charge is 0.325 e. The Morgan fingerprint density at radius 1 is 0.952 bits per heavy atom. The van der Waals surface area contributed by atoms with E-state index in [1.54, 1.807) is 0 Å². The number of hydrogen-bond acceptors (Lipinski definition) is 2. The number of aryl methyl sites for hydroxylation is 2. The molecule has 0 aliphatic heterocycles. The number of hydrogen-bond donors (Lipinski definition) is 1. The van der Waals surface area contributed by atoms with E-state index in [-0.39, 0.29) is 11.7 Å². The topological polar surface area (TPSA) is 46.2 Å². The second-order valence-electron chi connectivity index (χ2n) is 5.13. The second-order valence-corrected chi connectivity index (χ2v) is 6.59. The van der Waals surface area contributed by atoms with Crippen LogP contribution >= 0.6 is 0 Å². The summed E-state index contributed by atoms with van der Waals surface area (Å²) in [7, 11) is -1.20. The van der Waals surface area contributed by atoms with Crippen LogP contribution < -0.4 is 5.32 Å². The number of carbonyl (C=O) groups is 1. The first-order chi connectivity index (χ1) is 10.0. The zero-order valence-electron chi connectivity index (χ0n) is 12.3. The van der Waals surface area contributed by atoms with Crippen molar-refractivity contribution < 1.29 is 9.00 Å². The van der Waals surface area contributed by atoms with E-state index in [1.165, 1.54) is 5.56 Å². The highest BCUT2D eigenvalue weighted by Crippen LogP contribution is 2.09. The summed E-state index contributed by atoms with van der Waals surface area (Å²) >= 11 is 0. The van der Waals surface area contributed by atoms with Gasteiger partial charge in [0.05, 0.1) is 0 Å². The van der Waals surface area contributed by atoms with Gasteiger partial charge in [0.1, 0.15) is 5.75 Å². The van der Waals surface area contributed by atoms with Crippen molar-refractivity contribution in [1.29, 1.82) is 0 Å². The Morgan fingerprint density at radius 2 is 1.48 bits per heavy atom. The molecule has 4 heteroatoms. The fraction of sp³-hybridized carbons (Fsp3) is 0.235. The summed E-state index contributed by atoms with van der Waals surface area (Å²) in [6.07, 6.45) is 0. The molecule has 0 heterocycles. The third-order valence-corrected chi connectivity index (χ3v) is 4.32. The first-order valence-electron chi connectivity index (χ1n) is 6.80. The number of amides is 1. The lowest BCUT2D eigenvalue weighted by Crippen LogP contribution is -2.20. The molecule has 0 radical (unpaired) electrons. The van der Waals surface area contributed by atoms with Crippen LogP contribution in [-0.4, -0.2) is 15.9 Å². The van der Waals surface area contributed by atoms with Crippen molar-refractivity contribution in [3.8, 4) is 0 Å². The minimum Gasteiger partial charge on any atom is -0.325 e. The molecule has 2 rings (SSSR count). The van der Waals surface area contributed by atoms with Crippen molar-refractivity contribution in [3.05, 3.63) is 65.2 Å². The van der Waals surface area contributed by atoms with Gasteiger partial charge < -0.3 is 5.32 Å². The molecule has 0 fully saturated rings. The molecule has 0 bridgehead atoms. The summed E-state index contributed by atoms with van der Waals surface area (Å²) in [5.41, 5.74) is 4.03. The van der Waals surface area contributed by atoms with Crippen molar-refractivity contribution in [2.24, 2.45) is 0 Å². The summed E-state index contributed by atoms with van der Waals surface area (Å²) in [5.74, 6) is 0.202. The van der Waals surface area contributed by atoms with Gasteiger partial charge in [0.15, 0.2) is 0 Å². The van der Waals surface area contributed by atoms with Crippen molar-refractivity contribution in [3.63, 3.8) is 0 Å². The predicted molar refractivity (Wildman–Crippen MR) is 87.7 cm³/mol. The monoisotopic (exact) mass is 301 g/mol. The SMILES string of the molecule is Cc1ccc(C[S@](=O)CC(=O)Nc2ccc(C)cc2)cc1. The molecule has 0 saturated heterocycles. The standard InChI is InChI=1S/C17H19NO2S/c1-13-3-7-15(8-4-13)11-21(20)12-17(19)18-16-9-5-14(2)6-10-16/h3-10H,11-12H2,1-2H3,(H,18,19)/t21-/m0/s1. The van der Waals surface area contributed by atoms with Gasteiger partial charge in [-0.25, -0.2) is 0 Å². The molecule has 1 N–H and O–H groups in total. The van der Waals surface area contributed by atoms with Gasteiger partial charge in [-0.1, -0.05) is 47.5 Å². The molecule has 3 nitrogen and oxygen atoms in total. The van der Waals surface area contributed by atoms with Crippen LogP contribution in [0, 0.1) is 13.8 Å². The minimum absolute atomic E-state index is 0.0156. The van der Waals surface area contributed by atoms with Crippen LogP contribution in [0.2, 0.25) is 0 Å². The number of nitrogens with one attached hydrogen (secondary N) is 1. The quantitative estimate of drug-likeness (QED) is 0.922. The normalized spacial score (nSPS) is 11.9. The summed E-state index contributed by atoms with van der Waals surface area (Å²) in [6.45, 7) is 4.00. The maximum Gasteiger partial charge on any atom is 0.237 e. The molecule has 1 atom stereocenters. The molecule has 0 aliphatic rings. The van der Waals surface area contributed by atoms with Crippen molar-refractivity contribution >= 4 is 22.4 Å². The molecule has 0 saturated carbocycles. The highest BCUT2D eigenvalue weighted by molar-refractivity contribution is 7.84. The summed E-state index contributed by atoms with van der Waals surface area (Å²) in [5, 5.41) is 2.76. The summed E-state index contributed by atoms with van der Waals surface area (Å²) < 4.78 is 12.0. The van der Waals surface area contributed by atoms with E-state index >= 15 is 0 Å². The van der Waals surface area contributed by atoms with Crippen molar-refractivity contribution in [2.45, 2.75) is 19.6 Å². The van der Waals surface area contributed by atoms with E-state index < -0.39 is 10.8 Å². The van der Waals surface area contributed by atoms with Crippen LogP contribution in [0.5, 0.6) is 0 Å². The Balaban J connectivity index is 1.85. The first-order valence-corrected chi connectivity index (χ1v) is 8.29. The lowest BCUT2D eigenvalue weighted by Gasteiger charge is -2.06. The van der Waals surface area contributed by atoms with E-state index in [0.717, 1.165) is 16.8 Å². The average Bonchev–Trinajstić information content (AvgIpc) is 2.44.